The number of nitrogens with zero attached hydrogens (tertiary/aromatic N) is 2. The summed E-state index contributed by atoms with van der Waals surface area (Å²) in [6.07, 6.45) is 0. The lowest BCUT2D eigenvalue weighted by atomic mass is 10.2. The Balaban J connectivity index is 1.50. The number of methoxy groups -OCH3 is 1. The minimum absolute atomic E-state index is 0.0292. The van der Waals surface area contributed by atoms with Crippen molar-refractivity contribution in [2.45, 2.75) is 0 Å². The lowest BCUT2D eigenvalue weighted by molar-refractivity contribution is -0.133. The number of nitrogens with one attached hydrogen (secondary N) is 1. The van der Waals surface area contributed by atoms with E-state index in [0.29, 0.717) is 10.9 Å². The fraction of sp³-hybridized carbons (Fsp3) is 0.167. The maximum Gasteiger partial charge on any atom is 0.331 e. The summed E-state index contributed by atoms with van der Waals surface area (Å²) >= 11 is 1.37. The number of rotatable bonds is 4. The highest BCUT2D eigenvalue weighted by atomic mass is 32.1. The largest absolute Gasteiger partial charge is 0.497 e. The first-order valence-electron chi connectivity index (χ1n) is 7.91. The molecule has 0 radical (unpaired) electrons. The fourth-order valence-corrected chi connectivity index (χ4v) is 3.67. The number of fused-ring (bicyclic) bond motifs is 2. The number of ether oxygens (including phenoxy) is 2. The van der Waals surface area contributed by atoms with Gasteiger partial charge in [0.1, 0.15) is 12.3 Å². The zero-order valence-corrected chi connectivity index (χ0v) is 14.7. The number of benzene rings is 2. The molecule has 1 amide bonds. The standard InChI is InChI=1S/C18H15N3O4S/c1-24-11-6-7-12-15(8-11)26-18(19-12)20-16(22)9-21-10-17(23)25-14-5-3-2-4-13(14)21/h2-8H,9-10H2,1H3,(H,19,20,22). The van der Waals surface area contributed by atoms with Crippen molar-refractivity contribution < 1.29 is 19.1 Å². The highest BCUT2D eigenvalue weighted by Gasteiger charge is 2.25. The van der Waals surface area contributed by atoms with E-state index in [0.717, 1.165) is 21.7 Å². The molecule has 1 aromatic heterocycles. The van der Waals surface area contributed by atoms with Gasteiger partial charge in [-0.1, -0.05) is 23.5 Å². The molecule has 8 heteroatoms. The smallest absolute Gasteiger partial charge is 0.331 e. The summed E-state index contributed by atoms with van der Waals surface area (Å²) in [5.41, 5.74) is 1.51. The van der Waals surface area contributed by atoms with E-state index in [1.54, 1.807) is 24.1 Å². The van der Waals surface area contributed by atoms with Gasteiger partial charge in [0.2, 0.25) is 5.91 Å². The van der Waals surface area contributed by atoms with E-state index in [1.165, 1.54) is 11.3 Å². The second-order valence-electron chi connectivity index (χ2n) is 5.70. The molecule has 132 valence electrons. The average Bonchev–Trinajstić information content (AvgIpc) is 3.02. The third-order valence-corrected chi connectivity index (χ3v) is 4.86. The molecule has 2 heterocycles. The van der Waals surface area contributed by atoms with Crippen LogP contribution in [0.15, 0.2) is 42.5 Å². The number of anilines is 2. The number of amides is 1. The molecule has 2 aromatic carbocycles. The Morgan fingerprint density at radius 3 is 3.04 bits per heavy atom. The highest BCUT2D eigenvalue weighted by Crippen LogP contribution is 2.32. The molecule has 0 saturated heterocycles. The first-order chi connectivity index (χ1) is 12.6. The lowest BCUT2D eigenvalue weighted by Gasteiger charge is -2.28. The van der Waals surface area contributed by atoms with Crippen LogP contribution in [0.5, 0.6) is 11.5 Å². The first-order valence-corrected chi connectivity index (χ1v) is 8.73. The van der Waals surface area contributed by atoms with E-state index in [1.807, 2.05) is 30.3 Å². The Labute approximate surface area is 153 Å². The van der Waals surface area contributed by atoms with Crippen LogP contribution in [-0.4, -0.2) is 37.1 Å². The molecule has 0 spiro atoms. The molecule has 1 aliphatic heterocycles. The van der Waals surface area contributed by atoms with E-state index < -0.39 is 0 Å². The minimum atomic E-state index is -0.386. The predicted molar refractivity (Wildman–Crippen MR) is 99.1 cm³/mol. The number of hydrogen-bond acceptors (Lipinski definition) is 7. The van der Waals surface area contributed by atoms with E-state index >= 15 is 0 Å². The normalized spacial score (nSPS) is 13.3. The number of aromatic nitrogens is 1. The molecule has 0 saturated carbocycles. The Morgan fingerprint density at radius 1 is 1.35 bits per heavy atom. The maximum atomic E-state index is 12.4. The molecule has 7 nitrogen and oxygen atoms in total. The highest BCUT2D eigenvalue weighted by molar-refractivity contribution is 7.22. The Hall–Kier alpha value is -3.13. The molecule has 1 N–H and O–H groups in total. The number of hydrogen-bond donors (Lipinski definition) is 1. The lowest BCUT2D eigenvalue weighted by Crippen LogP contribution is -2.41. The number of esters is 1. The molecule has 0 fully saturated rings. The summed E-state index contributed by atoms with van der Waals surface area (Å²) in [7, 11) is 1.60. The van der Waals surface area contributed by atoms with Crippen LogP contribution in [0.1, 0.15) is 0 Å². The second kappa shape index (κ2) is 6.64. The number of thiazole rings is 1. The van der Waals surface area contributed by atoms with Crippen LogP contribution in [0, 0.1) is 0 Å². The van der Waals surface area contributed by atoms with E-state index in [2.05, 4.69) is 10.3 Å². The van der Waals surface area contributed by atoms with Crippen molar-refractivity contribution in [1.29, 1.82) is 0 Å². The van der Waals surface area contributed by atoms with Gasteiger partial charge in [0.25, 0.3) is 0 Å². The van der Waals surface area contributed by atoms with Gasteiger partial charge in [-0.2, -0.15) is 0 Å². The number of carbonyl (C=O) groups excluding carboxylic acids is 2. The molecular formula is C18H15N3O4S. The maximum absolute atomic E-state index is 12.4. The van der Waals surface area contributed by atoms with Gasteiger partial charge in [0.15, 0.2) is 10.9 Å². The molecule has 0 atom stereocenters. The molecule has 4 rings (SSSR count). The van der Waals surface area contributed by atoms with E-state index in [-0.39, 0.29) is 25.0 Å². The van der Waals surface area contributed by atoms with Gasteiger partial charge in [-0.25, -0.2) is 9.78 Å². The average molecular weight is 369 g/mol. The monoisotopic (exact) mass is 369 g/mol. The zero-order valence-electron chi connectivity index (χ0n) is 13.9. The van der Waals surface area contributed by atoms with Crippen LogP contribution in [0.25, 0.3) is 10.2 Å². The SMILES string of the molecule is COc1ccc2nc(NC(=O)CN3CC(=O)Oc4ccccc43)sc2c1. The van der Waals surface area contributed by atoms with Crippen LogP contribution in [0.4, 0.5) is 10.8 Å². The molecule has 3 aromatic rings. The summed E-state index contributed by atoms with van der Waals surface area (Å²) in [6.45, 7) is 0.0623. The molecule has 26 heavy (non-hydrogen) atoms. The van der Waals surface area contributed by atoms with Crippen LogP contribution in [0.3, 0.4) is 0 Å². The third kappa shape index (κ3) is 3.18. The van der Waals surface area contributed by atoms with Crippen LogP contribution in [-0.2, 0) is 9.59 Å². The topological polar surface area (TPSA) is 80.8 Å². The van der Waals surface area contributed by atoms with E-state index in [4.69, 9.17) is 9.47 Å². The van der Waals surface area contributed by atoms with Gasteiger partial charge in [0, 0.05) is 0 Å². The summed E-state index contributed by atoms with van der Waals surface area (Å²) in [6, 6.07) is 12.7. The molecule has 1 aliphatic rings. The van der Waals surface area contributed by atoms with Crippen LogP contribution < -0.4 is 19.7 Å². The fourth-order valence-electron chi connectivity index (χ4n) is 2.76. The third-order valence-electron chi connectivity index (χ3n) is 3.93. The Morgan fingerprint density at radius 2 is 2.19 bits per heavy atom. The van der Waals surface area contributed by atoms with Gasteiger partial charge < -0.3 is 19.7 Å². The molecule has 0 unspecified atom stereocenters. The van der Waals surface area contributed by atoms with Crippen LogP contribution in [0.2, 0.25) is 0 Å². The van der Waals surface area contributed by atoms with Crippen molar-refractivity contribution >= 4 is 44.2 Å². The van der Waals surface area contributed by atoms with Crippen molar-refractivity contribution in [2.24, 2.45) is 0 Å². The van der Waals surface area contributed by atoms with Gasteiger partial charge in [0.05, 0.1) is 29.6 Å². The summed E-state index contributed by atoms with van der Waals surface area (Å²) < 4.78 is 11.3. The van der Waals surface area contributed by atoms with Gasteiger partial charge >= 0.3 is 5.97 Å². The molecule has 0 bridgehead atoms. The Bertz CT molecular complexity index is 1000. The van der Waals surface area contributed by atoms with Gasteiger partial charge in [-0.15, -0.1) is 0 Å². The van der Waals surface area contributed by atoms with Gasteiger partial charge in [-0.3, -0.25) is 4.79 Å². The molecular weight excluding hydrogens is 354 g/mol. The van der Waals surface area contributed by atoms with Gasteiger partial charge in [-0.05, 0) is 30.3 Å². The summed E-state index contributed by atoms with van der Waals surface area (Å²) in [5.74, 6) is 0.565. The van der Waals surface area contributed by atoms with Crippen molar-refractivity contribution in [3.8, 4) is 11.5 Å². The van der Waals surface area contributed by atoms with Crippen molar-refractivity contribution in [3.05, 3.63) is 42.5 Å². The van der Waals surface area contributed by atoms with E-state index in [9.17, 15) is 9.59 Å². The quantitative estimate of drug-likeness (QED) is 0.563. The number of carbonyl (C=O) groups is 2. The van der Waals surface area contributed by atoms with Crippen molar-refractivity contribution in [1.82, 2.24) is 4.98 Å². The van der Waals surface area contributed by atoms with Crippen molar-refractivity contribution in [3.63, 3.8) is 0 Å². The first kappa shape index (κ1) is 16.3. The summed E-state index contributed by atoms with van der Waals surface area (Å²) in [5, 5.41) is 3.30. The van der Waals surface area contributed by atoms with Crippen molar-refractivity contribution in [2.75, 3.05) is 30.4 Å². The number of para-hydroxylation sites is 2. The summed E-state index contributed by atoms with van der Waals surface area (Å²) in [4.78, 5) is 30.3. The van der Waals surface area contributed by atoms with Crippen LogP contribution >= 0.6 is 11.3 Å². The molecule has 0 aliphatic carbocycles. The zero-order chi connectivity index (χ0) is 18.1. The predicted octanol–water partition coefficient (Wildman–Crippen LogP) is 2.67. The minimum Gasteiger partial charge on any atom is -0.497 e. The Kier molecular flexibility index (Phi) is 4.18. The second-order valence-corrected chi connectivity index (χ2v) is 6.73.